The van der Waals surface area contributed by atoms with Crippen LogP contribution in [0.4, 0.5) is 0 Å². The standard InChI is InChI=1S/C29H33ClN4O4S/c1-38-21-29-20-33(39(36,37)26-10-8-23-15-25(30)9-7-24(23)16-26)18-27(35)34(29)19-28(31-29)11-13-32(14-12-28)17-22-5-3-2-4-6-22/h2-10,15-16,31H,11-14,17-21H2,1H3/t29-/m1/s1. The number of piperidine rings is 1. The topological polar surface area (TPSA) is 82.2 Å². The molecule has 1 atom stereocenters. The van der Waals surface area contributed by atoms with Gasteiger partial charge in [-0.15, -0.1) is 0 Å². The molecule has 0 unspecified atom stereocenters. The van der Waals surface area contributed by atoms with Crippen LogP contribution in [-0.2, 0) is 26.1 Å². The van der Waals surface area contributed by atoms with E-state index >= 15 is 0 Å². The Labute approximate surface area is 234 Å². The second kappa shape index (κ2) is 10.1. The van der Waals surface area contributed by atoms with Gasteiger partial charge in [0.05, 0.1) is 24.6 Å². The van der Waals surface area contributed by atoms with Gasteiger partial charge in [-0.05, 0) is 53.4 Å². The van der Waals surface area contributed by atoms with Crippen molar-refractivity contribution in [2.75, 3.05) is 46.4 Å². The van der Waals surface area contributed by atoms with Gasteiger partial charge in [0.15, 0.2) is 0 Å². The molecule has 0 saturated carbocycles. The normalized spacial score (nSPS) is 23.9. The fraction of sp³-hybridized carbons (Fsp3) is 0.414. The fourth-order valence-corrected chi connectivity index (χ4v) is 8.09. The molecule has 0 radical (unpaired) electrons. The lowest BCUT2D eigenvalue weighted by atomic mass is 9.88. The highest BCUT2D eigenvalue weighted by atomic mass is 35.5. The summed E-state index contributed by atoms with van der Waals surface area (Å²) >= 11 is 6.10. The van der Waals surface area contributed by atoms with Crippen molar-refractivity contribution in [2.24, 2.45) is 0 Å². The zero-order valence-electron chi connectivity index (χ0n) is 22.0. The van der Waals surface area contributed by atoms with Gasteiger partial charge in [-0.1, -0.05) is 54.1 Å². The number of carbonyl (C=O) groups is 1. The van der Waals surface area contributed by atoms with Crippen molar-refractivity contribution in [3.05, 3.63) is 77.3 Å². The summed E-state index contributed by atoms with van der Waals surface area (Å²) in [5, 5.41) is 5.98. The lowest BCUT2D eigenvalue weighted by molar-refractivity contribution is -0.144. The van der Waals surface area contributed by atoms with Crippen LogP contribution in [0.5, 0.6) is 0 Å². The van der Waals surface area contributed by atoms with Gasteiger partial charge in [0.2, 0.25) is 15.9 Å². The van der Waals surface area contributed by atoms with Gasteiger partial charge in [-0.2, -0.15) is 4.31 Å². The molecule has 1 spiro atoms. The lowest BCUT2D eigenvalue weighted by Gasteiger charge is -2.45. The van der Waals surface area contributed by atoms with E-state index in [9.17, 15) is 13.2 Å². The maximum Gasteiger partial charge on any atom is 0.243 e. The molecular weight excluding hydrogens is 536 g/mol. The van der Waals surface area contributed by atoms with Crippen molar-refractivity contribution < 1.29 is 17.9 Å². The SMILES string of the molecule is COC[C@@]12CN(S(=O)(=O)c3ccc4cc(Cl)ccc4c3)CC(=O)N1CC1(CCN(Cc3ccccc3)CC1)N2. The van der Waals surface area contributed by atoms with Crippen LogP contribution in [-0.4, -0.2) is 86.1 Å². The van der Waals surface area contributed by atoms with Crippen molar-refractivity contribution in [1.82, 2.24) is 19.4 Å². The van der Waals surface area contributed by atoms with Gasteiger partial charge >= 0.3 is 0 Å². The van der Waals surface area contributed by atoms with E-state index in [1.165, 1.54) is 9.87 Å². The van der Waals surface area contributed by atoms with Gasteiger partial charge in [0, 0.05) is 43.9 Å². The summed E-state index contributed by atoms with van der Waals surface area (Å²) < 4.78 is 34.5. The van der Waals surface area contributed by atoms with Gasteiger partial charge in [-0.25, -0.2) is 8.42 Å². The molecule has 3 aliphatic rings. The van der Waals surface area contributed by atoms with Gasteiger partial charge in [0.25, 0.3) is 0 Å². The quantitative estimate of drug-likeness (QED) is 0.491. The van der Waals surface area contributed by atoms with Crippen LogP contribution in [0.2, 0.25) is 5.02 Å². The third-order valence-corrected chi connectivity index (χ3v) is 10.4. The molecule has 0 bridgehead atoms. The third kappa shape index (κ3) is 4.96. The van der Waals surface area contributed by atoms with Crippen molar-refractivity contribution in [3.8, 4) is 0 Å². The number of methoxy groups -OCH3 is 1. The molecular formula is C29H33ClN4O4S. The maximum absolute atomic E-state index is 13.8. The van der Waals surface area contributed by atoms with E-state index in [0.717, 1.165) is 43.2 Å². The second-order valence-electron chi connectivity index (χ2n) is 11.0. The molecule has 3 aliphatic heterocycles. The maximum atomic E-state index is 13.8. The van der Waals surface area contributed by atoms with Crippen LogP contribution in [0.15, 0.2) is 71.6 Å². The molecule has 3 aromatic rings. The van der Waals surface area contributed by atoms with Crippen LogP contribution >= 0.6 is 11.6 Å². The first kappa shape index (κ1) is 26.7. The Hall–Kier alpha value is -2.53. The molecule has 1 N–H and O–H groups in total. The van der Waals surface area contributed by atoms with E-state index in [1.54, 1.807) is 43.5 Å². The number of hydrogen-bond donors (Lipinski definition) is 1. The number of likely N-dealkylation sites (tertiary alicyclic amines) is 1. The molecule has 3 saturated heterocycles. The number of hydrogen-bond acceptors (Lipinski definition) is 6. The van der Waals surface area contributed by atoms with E-state index in [0.29, 0.717) is 11.6 Å². The number of amides is 1. The highest BCUT2D eigenvalue weighted by Gasteiger charge is 2.59. The van der Waals surface area contributed by atoms with Crippen LogP contribution in [0.25, 0.3) is 10.8 Å². The first-order valence-corrected chi connectivity index (χ1v) is 15.1. The Morgan fingerprint density at radius 1 is 0.974 bits per heavy atom. The lowest BCUT2D eigenvalue weighted by Crippen LogP contribution is -2.70. The Bertz CT molecular complexity index is 1490. The number of fused-ring (bicyclic) bond motifs is 2. The van der Waals surface area contributed by atoms with Gasteiger partial charge in [0.1, 0.15) is 5.66 Å². The molecule has 206 valence electrons. The van der Waals surface area contributed by atoms with Crippen LogP contribution in [0.3, 0.4) is 0 Å². The number of benzene rings is 3. The molecule has 0 aliphatic carbocycles. The Balaban J connectivity index is 1.23. The third-order valence-electron chi connectivity index (χ3n) is 8.38. The molecule has 3 heterocycles. The minimum absolute atomic E-state index is 0.128. The van der Waals surface area contributed by atoms with Crippen LogP contribution in [0.1, 0.15) is 18.4 Å². The summed E-state index contributed by atoms with van der Waals surface area (Å²) in [5.74, 6) is -0.203. The predicted molar refractivity (Wildman–Crippen MR) is 151 cm³/mol. The first-order valence-electron chi connectivity index (χ1n) is 13.3. The number of piperazine rings is 1. The Kier molecular flexibility index (Phi) is 6.94. The molecule has 39 heavy (non-hydrogen) atoms. The molecule has 0 aromatic heterocycles. The van der Waals surface area contributed by atoms with E-state index in [1.807, 2.05) is 11.0 Å². The highest BCUT2D eigenvalue weighted by molar-refractivity contribution is 7.89. The molecule has 8 nitrogen and oxygen atoms in total. The number of carbonyl (C=O) groups excluding carboxylic acids is 1. The summed E-state index contributed by atoms with van der Waals surface area (Å²) in [5.41, 5.74) is 0.0980. The Morgan fingerprint density at radius 3 is 2.44 bits per heavy atom. The minimum atomic E-state index is -3.93. The zero-order chi connectivity index (χ0) is 27.3. The van der Waals surface area contributed by atoms with Crippen molar-refractivity contribution in [2.45, 2.75) is 35.5 Å². The summed E-state index contributed by atoms with van der Waals surface area (Å²) in [6.07, 6.45) is 1.74. The number of rotatable bonds is 6. The number of nitrogens with one attached hydrogen (secondary N) is 1. The number of halogens is 1. The molecule has 3 fully saturated rings. The minimum Gasteiger partial charge on any atom is -0.381 e. The highest BCUT2D eigenvalue weighted by Crippen LogP contribution is 2.39. The van der Waals surface area contributed by atoms with Gasteiger partial charge < -0.3 is 9.64 Å². The van der Waals surface area contributed by atoms with Gasteiger partial charge in [-0.3, -0.25) is 15.0 Å². The summed E-state index contributed by atoms with van der Waals surface area (Å²) in [4.78, 5) is 18.0. The van der Waals surface area contributed by atoms with E-state index in [-0.39, 0.29) is 36.0 Å². The van der Waals surface area contributed by atoms with Crippen LogP contribution in [0, 0.1) is 0 Å². The molecule has 3 aromatic carbocycles. The number of ether oxygens (including phenoxy) is 1. The van der Waals surface area contributed by atoms with E-state index < -0.39 is 15.7 Å². The zero-order valence-corrected chi connectivity index (χ0v) is 23.5. The predicted octanol–water partition coefficient (Wildman–Crippen LogP) is 3.31. The van der Waals surface area contributed by atoms with Crippen LogP contribution < -0.4 is 5.32 Å². The van der Waals surface area contributed by atoms with Crippen molar-refractivity contribution >= 4 is 38.3 Å². The Morgan fingerprint density at radius 2 is 1.69 bits per heavy atom. The summed E-state index contributed by atoms with van der Waals surface area (Å²) in [6, 6.07) is 20.8. The summed E-state index contributed by atoms with van der Waals surface area (Å²) in [7, 11) is -2.34. The van der Waals surface area contributed by atoms with E-state index in [4.69, 9.17) is 16.3 Å². The van der Waals surface area contributed by atoms with Crippen molar-refractivity contribution in [1.29, 1.82) is 0 Å². The monoisotopic (exact) mass is 568 g/mol. The molecule has 10 heteroatoms. The second-order valence-corrected chi connectivity index (χ2v) is 13.4. The smallest absolute Gasteiger partial charge is 0.243 e. The van der Waals surface area contributed by atoms with E-state index in [2.05, 4.69) is 34.5 Å². The molecule has 1 amide bonds. The van der Waals surface area contributed by atoms with Crippen molar-refractivity contribution in [3.63, 3.8) is 0 Å². The largest absolute Gasteiger partial charge is 0.381 e. The average molecular weight is 569 g/mol. The average Bonchev–Trinajstić information content (AvgIpc) is 3.24. The first-order chi connectivity index (χ1) is 18.7. The number of sulfonamides is 1. The summed E-state index contributed by atoms with van der Waals surface area (Å²) in [6.45, 7) is 3.39. The fourth-order valence-electron chi connectivity index (χ4n) is 6.43. The molecule has 6 rings (SSSR count). The number of nitrogens with zero attached hydrogens (tertiary/aromatic N) is 3.